The number of halogens is 1. The van der Waals surface area contributed by atoms with E-state index in [4.69, 9.17) is 11.6 Å². The normalized spacial score (nSPS) is 23.3. The highest BCUT2D eigenvalue weighted by Crippen LogP contribution is 2.21. The first-order chi connectivity index (χ1) is 5.29. The minimum atomic E-state index is 0.422. The zero-order chi connectivity index (χ0) is 7.84. The van der Waals surface area contributed by atoms with E-state index in [1.165, 1.54) is 0 Å². The molecule has 1 aromatic rings. The standard InChI is InChI=1S/C7H10ClN3/c1-5-2-9-4-7-6(8)3-10-11(5)7/h3,5,9H,2,4H2,1H3. The Balaban J connectivity index is 2.46. The van der Waals surface area contributed by atoms with E-state index >= 15 is 0 Å². The number of fused-ring (bicyclic) bond motifs is 1. The lowest BCUT2D eigenvalue weighted by Crippen LogP contribution is -2.31. The zero-order valence-electron chi connectivity index (χ0n) is 6.34. The zero-order valence-corrected chi connectivity index (χ0v) is 7.10. The Kier molecular flexibility index (Phi) is 1.62. The molecule has 1 N–H and O–H groups in total. The van der Waals surface area contributed by atoms with Gasteiger partial charge in [0.2, 0.25) is 0 Å². The van der Waals surface area contributed by atoms with E-state index in [0.717, 1.165) is 23.8 Å². The van der Waals surface area contributed by atoms with E-state index in [1.54, 1.807) is 6.20 Å². The first-order valence-corrected chi connectivity index (χ1v) is 4.09. The number of nitrogens with one attached hydrogen (secondary N) is 1. The van der Waals surface area contributed by atoms with Gasteiger partial charge in [-0.05, 0) is 6.92 Å². The molecule has 0 radical (unpaired) electrons. The number of aromatic nitrogens is 2. The average Bonchev–Trinajstić information content (AvgIpc) is 2.35. The smallest absolute Gasteiger partial charge is 0.0831 e. The lowest BCUT2D eigenvalue weighted by molar-refractivity contribution is 0.392. The predicted molar refractivity (Wildman–Crippen MR) is 43.7 cm³/mol. The van der Waals surface area contributed by atoms with Crippen molar-refractivity contribution in [3.8, 4) is 0 Å². The van der Waals surface area contributed by atoms with Crippen LogP contribution in [-0.2, 0) is 6.54 Å². The highest BCUT2D eigenvalue weighted by atomic mass is 35.5. The molecule has 1 aliphatic rings. The molecule has 0 fully saturated rings. The van der Waals surface area contributed by atoms with Crippen molar-refractivity contribution in [1.29, 1.82) is 0 Å². The SMILES string of the molecule is CC1CNCc2c(Cl)cnn21. The Morgan fingerprint density at radius 3 is 3.36 bits per heavy atom. The van der Waals surface area contributed by atoms with Gasteiger partial charge in [0, 0.05) is 13.1 Å². The van der Waals surface area contributed by atoms with Crippen LogP contribution in [0.2, 0.25) is 5.02 Å². The van der Waals surface area contributed by atoms with Crippen LogP contribution in [-0.4, -0.2) is 16.3 Å². The van der Waals surface area contributed by atoms with E-state index in [9.17, 15) is 0 Å². The van der Waals surface area contributed by atoms with Gasteiger partial charge in [-0.1, -0.05) is 11.6 Å². The average molecular weight is 172 g/mol. The van der Waals surface area contributed by atoms with Crippen LogP contribution >= 0.6 is 11.6 Å². The van der Waals surface area contributed by atoms with Crippen molar-refractivity contribution in [2.24, 2.45) is 0 Å². The monoisotopic (exact) mass is 171 g/mol. The van der Waals surface area contributed by atoms with Gasteiger partial charge in [0.15, 0.2) is 0 Å². The number of hydrogen-bond donors (Lipinski definition) is 1. The summed E-state index contributed by atoms with van der Waals surface area (Å²) in [4.78, 5) is 0. The molecule has 2 rings (SSSR count). The summed E-state index contributed by atoms with van der Waals surface area (Å²) in [6.07, 6.45) is 1.71. The Morgan fingerprint density at radius 1 is 1.82 bits per heavy atom. The van der Waals surface area contributed by atoms with Gasteiger partial charge in [-0.2, -0.15) is 5.10 Å². The van der Waals surface area contributed by atoms with Crippen LogP contribution in [0.1, 0.15) is 18.7 Å². The molecule has 3 nitrogen and oxygen atoms in total. The summed E-state index contributed by atoms with van der Waals surface area (Å²) >= 11 is 5.90. The fourth-order valence-corrected chi connectivity index (χ4v) is 1.59. The fourth-order valence-electron chi connectivity index (χ4n) is 1.40. The van der Waals surface area contributed by atoms with Gasteiger partial charge in [-0.25, -0.2) is 0 Å². The van der Waals surface area contributed by atoms with Crippen LogP contribution in [0.5, 0.6) is 0 Å². The first-order valence-electron chi connectivity index (χ1n) is 3.71. The van der Waals surface area contributed by atoms with Crippen LogP contribution in [0, 0.1) is 0 Å². The molecular weight excluding hydrogens is 162 g/mol. The maximum Gasteiger partial charge on any atom is 0.0831 e. The minimum absolute atomic E-state index is 0.422. The van der Waals surface area contributed by atoms with Crippen LogP contribution in [0.15, 0.2) is 6.20 Å². The second-order valence-electron chi connectivity index (χ2n) is 2.86. The highest BCUT2D eigenvalue weighted by Gasteiger charge is 2.17. The van der Waals surface area contributed by atoms with Gasteiger partial charge in [-0.3, -0.25) is 4.68 Å². The Hall–Kier alpha value is -0.540. The number of nitrogens with zero attached hydrogens (tertiary/aromatic N) is 2. The fraction of sp³-hybridized carbons (Fsp3) is 0.571. The molecule has 0 saturated heterocycles. The van der Waals surface area contributed by atoms with Gasteiger partial charge in [0.1, 0.15) is 0 Å². The Morgan fingerprint density at radius 2 is 2.64 bits per heavy atom. The number of rotatable bonds is 0. The summed E-state index contributed by atoms with van der Waals surface area (Å²) in [5, 5.41) is 8.22. The minimum Gasteiger partial charge on any atom is -0.309 e. The van der Waals surface area contributed by atoms with E-state index in [1.807, 2.05) is 4.68 Å². The van der Waals surface area contributed by atoms with Crippen LogP contribution in [0.3, 0.4) is 0 Å². The predicted octanol–water partition coefficient (Wildman–Crippen LogP) is 1.20. The summed E-state index contributed by atoms with van der Waals surface area (Å²) in [5.41, 5.74) is 1.10. The van der Waals surface area contributed by atoms with Crippen molar-refractivity contribution in [2.75, 3.05) is 6.54 Å². The summed E-state index contributed by atoms with van der Waals surface area (Å²) in [6.45, 7) is 3.94. The van der Waals surface area contributed by atoms with Gasteiger partial charge < -0.3 is 5.32 Å². The van der Waals surface area contributed by atoms with Crippen LogP contribution in [0.4, 0.5) is 0 Å². The molecule has 0 aromatic carbocycles. The molecule has 1 aliphatic heterocycles. The second-order valence-corrected chi connectivity index (χ2v) is 3.27. The summed E-state index contributed by atoms with van der Waals surface area (Å²) < 4.78 is 1.98. The largest absolute Gasteiger partial charge is 0.309 e. The lowest BCUT2D eigenvalue weighted by Gasteiger charge is -2.21. The second kappa shape index (κ2) is 2.50. The summed E-state index contributed by atoms with van der Waals surface area (Å²) in [7, 11) is 0. The third kappa shape index (κ3) is 1.04. The molecule has 1 aromatic heterocycles. The first kappa shape index (κ1) is 7.13. The lowest BCUT2D eigenvalue weighted by atomic mass is 10.2. The van der Waals surface area contributed by atoms with E-state index in [0.29, 0.717) is 6.04 Å². The topological polar surface area (TPSA) is 29.9 Å². The van der Waals surface area contributed by atoms with Gasteiger partial charge in [0.05, 0.1) is 23.0 Å². The summed E-state index contributed by atoms with van der Waals surface area (Å²) in [6, 6.07) is 0.422. The van der Waals surface area contributed by atoms with Crippen molar-refractivity contribution in [1.82, 2.24) is 15.1 Å². The Labute approximate surface area is 70.3 Å². The molecule has 1 unspecified atom stereocenters. The van der Waals surface area contributed by atoms with E-state index in [2.05, 4.69) is 17.3 Å². The molecule has 4 heteroatoms. The van der Waals surface area contributed by atoms with Crippen LogP contribution in [0.25, 0.3) is 0 Å². The number of hydrogen-bond acceptors (Lipinski definition) is 2. The molecule has 2 heterocycles. The van der Waals surface area contributed by atoms with E-state index < -0.39 is 0 Å². The van der Waals surface area contributed by atoms with Crippen molar-refractivity contribution in [3.05, 3.63) is 16.9 Å². The van der Waals surface area contributed by atoms with Crippen LogP contribution < -0.4 is 5.32 Å². The molecular formula is C7H10ClN3. The molecule has 0 amide bonds. The van der Waals surface area contributed by atoms with E-state index in [-0.39, 0.29) is 0 Å². The molecule has 0 saturated carbocycles. The molecule has 0 aliphatic carbocycles. The summed E-state index contributed by atoms with van der Waals surface area (Å²) in [5.74, 6) is 0. The third-order valence-corrected chi connectivity index (χ3v) is 2.31. The quantitative estimate of drug-likeness (QED) is 0.636. The van der Waals surface area contributed by atoms with Crippen molar-refractivity contribution >= 4 is 11.6 Å². The highest BCUT2D eigenvalue weighted by molar-refractivity contribution is 6.31. The van der Waals surface area contributed by atoms with Gasteiger partial charge in [0.25, 0.3) is 0 Å². The van der Waals surface area contributed by atoms with Crippen molar-refractivity contribution in [2.45, 2.75) is 19.5 Å². The van der Waals surface area contributed by atoms with Gasteiger partial charge >= 0.3 is 0 Å². The maximum absolute atomic E-state index is 5.90. The van der Waals surface area contributed by atoms with Crippen molar-refractivity contribution < 1.29 is 0 Å². The Bertz CT molecular complexity index is 269. The molecule has 0 spiro atoms. The maximum atomic E-state index is 5.90. The third-order valence-electron chi connectivity index (χ3n) is 2.00. The van der Waals surface area contributed by atoms with Gasteiger partial charge in [-0.15, -0.1) is 0 Å². The molecule has 1 atom stereocenters. The molecule has 11 heavy (non-hydrogen) atoms. The van der Waals surface area contributed by atoms with Crippen molar-refractivity contribution in [3.63, 3.8) is 0 Å². The molecule has 60 valence electrons. The molecule has 0 bridgehead atoms.